The molecule has 12 heteroatoms. The molecule has 2 saturated heterocycles. The van der Waals surface area contributed by atoms with Crippen molar-refractivity contribution in [1.29, 1.82) is 0 Å². The molecule has 3 rings (SSSR count). The van der Waals surface area contributed by atoms with E-state index in [9.17, 15) is 4.79 Å². The van der Waals surface area contributed by atoms with Crippen LogP contribution in [0, 0.1) is 0 Å². The lowest BCUT2D eigenvalue weighted by Gasteiger charge is -2.39. The monoisotopic (exact) mass is 397 g/mol. The molecular weight excluding hydrogens is 379 g/mol. The quantitative estimate of drug-likeness (QED) is 0.772. The van der Waals surface area contributed by atoms with Crippen LogP contribution >= 0.6 is 6.72 Å². The van der Waals surface area contributed by atoms with Gasteiger partial charge in [0.1, 0.15) is 12.4 Å². The van der Waals surface area contributed by atoms with E-state index in [4.69, 9.17) is 35.8 Å². The highest BCUT2D eigenvalue weighted by Crippen LogP contribution is 2.63. The fourth-order valence-corrected chi connectivity index (χ4v) is 5.35. The molecule has 0 aromatic carbocycles. The minimum Gasteiger partial charge on any atom is -0.383 e. The van der Waals surface area contributed by atoms with Crippen molar-refractivity contribution in [3.8, 4) is 0 Å². The van der Waals surface area contributed by atoms with E-state index in [0.29, 0.717) is 0 Å². The summed E-state index contributed by atoms with van der Waals surface area (Å²) in [5.74, 6) is -2.68. The average Bonchev–Trinajstić information content (AvgIpc) is 2.67. The number of aromatic nitrogens is 2. The number of ether oxygens (including phenoxy) is 1. The number of hydrogen-bond donors (Lipinski definition) is 1. The Morgan fingerprint density at radius 3 is 2.84 bits per heavy atom. The summed E-state index contributed by atoms with van der Waals surface area (Å²) >= 11 is 5.16. The maximum Gasteiger partial charge on any atom is 0.351 e. The van der Waals surface area contributed by atoms with Gasteiger partial charge < -0.3 is 19.5 Å². The third-order valence-electron chi connectivity index (χ3n) is 3.79. The first-order chi connectivity index (χ1) is 11.5. The summed E-state index contributed by atoms with van der Waals surface area (Å²) in [6.45, 7) is 0.430. The Kier molecular flexibility index (Phi) is 4.54. The van der Waals surface area contributed by atoms with Crippen LogP contribution in [0.1, 0.15) is 27.0 Å². The molecule has 2 aliphatic heterocycles. The average molecular weight is 397 g/mol. The third kappa shape index (κ3) is 3.24. The second kappa shape index (κ2) is 6.04. The number of halogens is 2. The fraction of sp³-hybridized carbons (Fsp3) is 0.692. The van der Waals surface area contributed by atoms with E-state index in [1.165, 1.54) is 12.3 Å². The molecule has 0 bridgehead atoms. The highest BCUT2D eigenvalue weighted by Gasteiger charge is 2.69. The van der Waals surface area contributed by atoms with Gasteiger partial charge in [-0.25, -0.2) is 13.6 Å². The van der Waals surface area contributed by atoms with Gasteiger partial charge in [0.2, 0.25) is 0 Å². The van der Waals surface area contributed by atoms with E-state index in [1.54, 1.807) is 13.8 Å². The molecule has 1 aromatic heterocycles. The fourth-order valence-electron chi connectivity index (χ4n) is 2.78. The molecule has 1 unspecified atom stereocenters. The summed E-state index contributed by atoms with van der Waals surface area (Å²) in [5, 5.41) is 0. The summed E-state index contributed by atoms with van der Waals surface area (Å²) in [7, 11) is 0. The molecule has 140 valence electrons. The molecule has 2 N–H and O–H groups in total. The molecule has 0 amide bonds. The van der Waals surface area contributed by atoms with Gasteiger partial charge in [-0.3, -0.25) is 9.09 Å². The number of nitrogens with zero attached hydrogens (tertiary/aromatic N) is 2. The van der Waals surface area contributed by atoms with E-state index in [1.807, 2.05) is 0 Å². The highest BCUT2D eigenvalue weighted by molar-refractivity contribution is 8.07. The number of rotatable bonds is 3. The first-order valence-corrected chi connectivity index (χ1v) is 10.0. The van der Waals surface area contributed by atoms with Crippen LogP contribution in [0.2, 0.25) is 0 Å². The molecule has 3 heterocycles. The summed E-state index contributed by atoms with van der Waals surface area (Å²) in [5.41, 5.74) is 2.10. The van der Waals surface area contributed by atoms with Crippen molar-refractivity contribution in [2.75, 3.05) is 12.3 Å². The summed E-state index contributed by atoms with van der Waals surface area (Å²) < 4.78 is 52.6. The topological polar surface area (TPSA) is 97.8 Å². The predicted octanol–water partition coefficient (Wildman–Crippen LogP) is 1.81. The first kappa shape index (κ1) is 18.8. The molecule has 0 radical (unpaired) electrons. The number of nitrogens with two attached hydrogens (primary N) is 1. The summed E-state index contributed by atoms with van der Waals surface area (Å²) in [6, 6.07) is 1.28. The Hall–Kier alpha value is -0.970. The van der Waals surface area contributed by atoms with Gasteiger partial charge >= 0.3 is 12.4 Å². The molecule has 1 aromatic rings. The summed E-state index contributed by atoms with van der Waals surface area (Å²) in [6.07, 6.45) is -2.54. The Bertz CT molecular complexity index is 791. The first-order valence-electron chi connectivity index (χ1n) is 7.48. The number of fused-ring (bicyclic) bond motifs is 1. The van der Waals surface area contributed by atoms with Crippen LogP contribution in [0.3, 0.4) is 0 Å². The smallest absolute Gasteiger partial charge is 0.351 e. The number of alkyl halides is 2. The molecule has 2 aliphatic rings. The Morgan fingerprint density at radius 2 is 2.24 bits per heavy atom. The predicted molar refractivity (Wildman–Crippen MR) is 87.7 cm³/mol. The van der Waals surface area contributed by atoms with Crippen molar-refractivity contribution in [1.82, 2.24) is 9.55 Å². The van der Waals surface area contributed by atoms with Crippen LogP contribution in [-0.2, 0) is 30.1 Å². The zero-order chi connectivity index (χ0) is 18.6. The molecule has 8 nitrogen and oxygen atoms in total. The van der Waals surface area contributed by atoms with Crippen LogP contribution in [0.5, 0.6) is 0 Å². The number of nitrogen functional groups attached to an aromatic ring is 1. The van der Waals surface area contributed by atoms with Crippen molar-refractivity contribution < 1.29 is 27.1 Å². The zero-order valence-electron chi connectivity index (χ0n) is 13.7. The number of hydrogen-bond acceptors (Lipinski definition) is 8. The van der Waals surface area contributed by atoms with Crippen molar-refractivity contribution in [3.63, 3.8) is 0 Å². The van der Waals surface area contributed by atoms with Crippen LogP contribution in [0.15, 0.2) is 17.1 Å². The molecule has 0 saturated carbocycles. The summed E-state index contributed by atoms with van der Waals surface area (Å²) in [4.78, 5) is 15.5. The minimum atomic E-state index is -3.35. The van der Waals surface area contributed by atoms with Crippen molar-refractivity contribution in [3.05, 3.63) is 22.7 Å². The standard InChI is InChI=1S/C13H18F2N3O5PS/c1-7(2)22-24(25)20-6-13(15)9(23-24)12(3,14)10(21-13)18-5-4-8(16)17-11(18)19/h4-5,7,9-10H,6H2,1-3H3,(H2,16,17,19)/t9-,10+,12+,13+,24?/m0/s1. The molecule has 5 atom stereocenters. The SMILES string of the molecule is CC(C)OP1(=S)OC[C@@]2(F)O[C@@H](n3ccc(N)nc3=O)[C@](C)(F)[C@@H]2O1. The zero-order valence-corrected chi connectivity index (χ0v) is 15.4. The largest absolute Gasteiger partial charge is 0.383 e. The van der Waals surface area contributed by atoms with Crippen LogP contribution in [0.25, 0.3) is 0 Å². The van der Waals surface area contributed by atoms with E-state index >= 15 is 8.78 Å². The maximum atomic E-state index is 15.5. The second-order valence-corrected chi connectivity index (χ2v) is 9.23. The van der Waals surface area contributed by atoms with Crippen LogP contribution in [0.4, 0.5) is 14.6 Å². The highest BCUT2D eigenvalue weighted by atomic mass is 32.5. The van der Waals surface area contributed by atoms with E-state index < -0.39 is 42.9 Å². The van der Waals surface area contributed by atoms with E-state index in [2.05, 4.69) is 4.98 Å². The van der Waals surface area contributed by atoms with Gasteiger partial charge in [0.05, 0.1) is 6.10 Å². The minimum absolute atomic E-state index is 0.0485. The van der Waals surface area contributed by atoms with E-state index in [0.717, 1.165) is 11.5 Å². The van der Waals surface area contributed by atoms with Gasteiger partial charge in [0, 0.05) is 6.20 Å². The lowest BCUT2D eigenvalue weighted by Crippen LogP contribution is -2.51. The van der Waals surface area contributed by atoms with Crippen molar-refractivity contribution in [2.24, 2.45) is 0 Å². The molecule has 2 fully saturated rings. The maximum absolute atomic E-state index is 15.5. The Balaban J connectivity index is 1.97. The Labute approximate surface area is 147 Å². The van der Waals surface area contributed by atoms with Crippen LogP contribution in [-0.4, -0.2) is 39.9 Å². The molecule has 25 heavy (non-hydrogen) atoms. The number of anilines is 1. The van der Waals surface area contributed by atoms with E-state index in [-0.39, 0.29) is 11.9 Å². The van der Waals surface area contributed by atoms with Gasteiger partial charge in [0.15, 0.2) is 18.0 Å². The lowest BCUT2D eigenvalue weighted by atomic mass is 9.97. The lowest BCUT2D eigenvalue weighted by molar-refractivity contribution is -0.217. The van der Waals surface area contributed by atoms with Gasteiger partial charge in [-0.1, -0.05) is 0 Å². The van der Waals surface area contributed by atoms with Gasteiger partial charge in [0.25, 0.3) is 5.85 Å². The van der Waals surface area contributed by atoms with Gasteiger partial charge in [-0.15, -0.1) is 0 Å². The van der Waals surface area contributed by atoms with Gasteiger partial charge in [-0.2, -0.15) is 4.98 Å². The molecule has 0 aliphatic carbocycles. The Morgan fingerprint density at radius 1 is 1.56 bits per heavy atom. The molecule has 0 spiro atoms. The van der Waals surface area contributed by atoms with Gasteiger partial charge in [-0.05, 0) is 38.6 Å². The van der Waals surface area contributed by atoms with Crippen molar-refractivity contribution >= 4 is 24.3 Å². The normalized spacial score (nSPS) is 41.0. The third-order valence-corrected chi connectivity index (χ3v) is 6.22. The van der Waals surface area contributed by atoms with Crippen molar-refractivity contribution in [2.45, 2.75) is 50.7 Å². The van der Waals surface area contributed by atoms with Crippen LogP contribution < -0.4 is 11.4 Å². The molecular formula is C13H18F2N3O5PS. The second-order valence-electron chi connectivity index (χ2n) is 6.31.